The zero-order chi connectivity index (χ0) is 15.9. The molecule has 7 heteroatoms. The fourth-order valence-electron chi connectivity index (χ4n) is 1.75. The summed E-state index contributed by atoms with van der Waals surface area (Å²) in [7, 11) is 0. The summed E-state index contributed by atoms with van der Waals surface area (Å²) in [6.45, 7) is 1.87. The number of allylic oxidation sites excluding steroid dienone is 1. The first-order chi connectivity index (χ1) is 10.6. The van der Waals surface area contributed by atoms with E-state index in [-0.39, 0.29) is 5.97 Å². The van der Waals surface area contributed by atoms with Crippen LogP contribution in [0.1, 0.15) is 26.2 Å². The quantitative estimate of drug-likeness (QED) is 0.604. The van der Waals surface area contributed by atoms with E-state index >= 15 is 0 Å². The third kappa shape index (κ3) is 5.12. The number of thioether (sulfide) groups is 1. The third-order valence-corrected chi connectivity index (χ3v) is 4.35. The second-order valence-electron chi connectivity index (χ2n) is 4.74. The van der Waals surface area contributed by atoms with Gasteiger partial charge >= 0.3 is 5.97 Å². The van der Waals surface area contributed by atoms with E-state index in [1.165, 1.54) is 0 Å². The van der Waals surface area contributed by atoms with Crippen LogP contribution in [-0.2, 0) is 9.53 Å². The van der Waals surface area contributed by atoms with E-state index in [1.807, 2.05) is 31.3 Å². The van der Waals surface area contributed by atoms with Gasteiger partial charge in [0.15, 0.2) is 12.0 Å². The molecule has 1 heterocycles. The molecule has 0 fully saturated rings. The molecule has 1 aromatic carbocycles. The molecule has 0 bridgehead atoms. The van der Waals surface area contributed by atoms with Crippen LogP contribution in [0.5, 0.6) is 5.75 Å². The van der Waals surface area contributed by atoms with E-state index < -0.39 is 6.23 Å². The average Bonchev–Trinajstić information content (AvgIpc) is 2.95. The number of hydroxylamine groups is 2. The van der Waals surface area contributed by atoms with Gasteiger partial charge in [-0.1, -0.05) is 30.7 Å². The highest BCUT2D eigenvalue weighted by atomic mass is 35.5. The normalized spacial score (nSPS) is 15.4. The number of halogens is 1. The van der Waals surface area contributed by atoms with Crippen LogP contribution >= 0.6 is 23.4 Å². The first-order valence-electron chi connectivity index (χ1n) is 7.06. The van der Waals surface area contributed by atoms with Crippen molar-refractivity contribution in [2.75, 3.05) is 5.88 Å². The number of benzene rings is 1. The third-order valence-electron chi connectivity index (χ3n) is 2.98. The lowest BCUT2D eigenvalue weighted by molar-refractivity contribution is -0.148. The van der Waals surface area contributed by atoms with Gasteiger partial charge < -0.3 is 9.57 Å². The molecule has 1 aliphatic heterocycles. The summed E-state index contributed by atoms with van der Waals surface area (Å²) in [5.74, 6) is 0.987. The summed E-state index contributed by atoms with van der Waals surface area (Å²) in [5.41, 5.74) is 5.58. The van der Waals surface area contributed by atoms with Crippen LogP contribution in [0.3, 0.4) is 0 Å². The molecule has 0 aliphatic carbocycles. The molecule has 22 heavy (non-hydrogen) atoms. The van der Waals surface area contributed by atoms with Crippen molar-refractivity contribution >= 4 is 29.3 Å². The van der Waals surface area contributed by atoms with Crippen molar-refractivity contribution in [1.82, 2.24) is 5.06 Å². The van der Waals surface area contributed by atoms with Crippen LogP contribution in [0.25, 0.3) is 0 Å². The van der Waals surface area contributed by atoms with Crippen LogP contribution in [0.2, 0.25) is 5.02 Å². The summed E-state index contributed by atoms with van der Waals surface area (Å²) in [6.07, 6.45) is 2.90. The Hall–Kier alpha value is -1.37. The van der Waals surface area contributed by atoms with Crippen LogP contribution < -0.4 is 10.6 Å². The average molecular weight is 343 g/mol. The number of para-hydroxylation sites is 1. The molecule has 5 nitrogen and oxygen atoms in total. The van der Waals surface area contributed by atoms with E-state index in [9.17, 15) is 4.79 Å². The van der Waals surface area contributed by atoms with E-state index in [0.29, 0.717) is 35.9 Å². The predicted molar refractivity (Wildman–Crippen MR) is 88.1 cm³/mol. The molecule has 2 rings (SSSR count). The monoisotopic (exact) mass is 342 g/mol. The number of nitrogens with two attached hydrogens (primary N) is 1. The molecule has 1 unspecified atom stereocenters. The van der Waals surface area contributed by atoms with Crippen LogP contribution in [-0.4, -0.2) is 23.1 Å². The minimum atomic E-state index is -0.516. The number of carbonyl (C=O) groups is 1. The van der Waals surface area contributed by atoms with Crippen molar-refractivity contribution in [3.63, 3.8) is 0 Å². The minimum absolute atomic E-state index is 0.277. The number of rotatable bonds is 7. The first kappa shape index (κ1) is 17.0. The summed E-state index contributed by atoms with van der Waals surface area (Å²) in [6, 6.07) is 7.30. The van der Waals surface area contributed by atoms with Crippen molar-refractivity contribution in [3.8, 4) is 5.75 Å². The fourth-order valence-corrected chi connectivity index (χ4v) is 2.78. The summed E-state index contributed by atoms with van der Waals surface area (Å²) >= 11 is 7.67. The molecule has 2 N–H and O–H groups in total. The Morgan fingerprint density at radius 2 is 2.27 bits per heavy atom. The van der Waals surface area contributed by atoms with Crippen LogP contribution in [0, 0.1) is 0 Å². The number of carbonyl (C=O) groups excluding carboxylic acids is 1. The van der Waals surface area contributed by atoms with Gasteiger partial charge in [0, 0.05) is 11.1 Å². The van der Waals surface area contributed by atoms with E-state index in [0.717, 1.165) is 4.91 Å². The Labute approximate surface area is 139 Å². The van der Waals surface area contributed by atoms with Crippen molar-refractivity contribution in [3.05, 3.63) is 40.4 Å². The first-order valence-corrected chi connectivity index (χ1v) is 8.42. The van der Waals surface area contributed by atoms with Crippen molar-refractivity contribution in [2.24, 2.45) is 5.73 Å². The number of esters is 1. The lowest BCUT2D eigenvalue weighted by Gasteiger charge is -2.15. The number of hydrogen-bond donors (Lipinski definition) is 1. The molecule has 0 aromatic heterocycles. The molecule has 0 saturated heterocycles. The molecule has 0 radical (unpaired) electrons. The van der Waals surface area contributed by atoms with E-state index in [2.05, 4.69) is 0 Å². The second-order valence-corrected chi connectivity index (χ2v) is 6.22. The number of hydrogen-bond acceptors (Lipinski definition) is 6. The van der Waals surface area contributed by atoms with Gasteiger partial charge in [-0.3, -0.25) is 10.5 Å². The van der Waals surface area contributed by atoms with E-state index in [1.54, 1.807) is 22.9 Å². The Kier molecular flexibility index (Phi) is 6.42. The van der Waals surface area contributed by atoms with Crippen molar-refractivity contribution in [1.29, 1.82) is 0 Å². The largest absolute Gasteiger partial charge is 0.447 e. The van der Waals surface area contributed by atoms with Gasteiger partial charge in [0.2, 0.25) is 0 Å². The zero-order valence-corrected chi connectivity index (χ0v) is 13.9. The predicted octanol–water partition coefficient (Wildman–Crippen LogP) is 3.50. The smallest absolute Gasteiger partial charge is 0.307 e. The lowest BCUT2D eigenvalue weighted by atomic mass is 10.3. The topological polar surface area (TPSA) is 64.8 Å². The standard InChI is InChI=1S/C15H19ClN2O3S/c1-2-14(17)20-15(19)8-7-11-9-18(10-22-11)21-13-6-4-3-5-12(13)16/h3-6,9,14H,2,7-8,10,17H2,1H3. The Morgan fingerprint density at radius 3 is 3.00 bits per heavy atom. The Morgan fingerprint density at radius 1 is 1.50 bits per heavy atom. The molecular formula is C15H19ClN2O3S. The molecule has 1 aromatic rings. The highest BCUT2D eigenvalue weighted by Crippen LogP contribution is 2.32. The van der Waals surface area contributed by atoms with Gasteiger partial charge in [-0.25, -0.2) is 5.06 Å². The van der Waals surface area contributed by atoms with Gasteiger partial charge in [0.05, 0.1) is 11.4 Å². The Bertz CT molecular complexity index is 553. The number of ether oxygens (including phenoxy) is 1. The highest BCUT2D eigenvalue weighted by Gasteiger charge is 2.17. The zero-order valence-electron chi connectivity index (χ0n) is 12.3. The van der Waals surface area contributed by atoms with Gasteiger partial charge in [-0.05, 0) is 25.0 Å². The maximum atomic E-state index is 11.6. The molecule has 0 spiro atoms. The highest BCUT2D eigenvalue weighted by molar-refractivity contribution is 8.03. The van der Waals surface area contributed by atoms with Crippen molar-refractivity contribution in [2.45, 2.75) is 32.4 Å². The van der Waals surface area contributed by atoms with Crippen LogP contribution in [0.15, 0.2) is 35.4 Å². The van der Waals surface area contributed by atoms with Gasteiger partial charge in [0.25, 0.3) is 0 Å². The molecule has 0 saturated carbocycles. The molecule has 1 aliphatic rings. The lowest BCUT2D eigenvalue weighted by Crippen LogP contribution is -2.25. The van der Waals surface area contributed by atoms with Gasteiger partial charge in [-0.2, -0.15) is 0 Å². The fraction of sp³-hybridized carbons (Fsp3) is 0.400. The van der Waals surface area contributed by atoms with Crippen molar-refractivity contribution < 1.29 is 14.4 Å². The van der Waals surface area contributed by atoms with E-state index in [4.69, 9.17) is 26.9 Å². The summed E-state index contributed by atoms with van der Waals surface area (Å²) in [5, 5.41) is 2.26. The second kappa shape index (κ2) is 8.31. The number of nitrogens with zero attached hydrogens (tertiary/aromatic N) is 1. The van der Waals surface area contributed by atoms with Gasteiger partial charge in [-0.15, -0.1) is 11.8 Å². The summed E-state index contributed by atoms with van der Waals surface area (Å²) < 4.78 is 5.04. The molecule has 120 valence electrons. The maximum Gasteiger partial charge on any atom is 0.307 e. The SMILES string of the molecule is CCC(N)OC(=O)CCC1=CN(Oc2ccccc2Cl)CS1. The molecule has 1 atom stereocenters. The van der Waals surface area contributed by atoms with Gasteiger partial charge in [0.1, 0.15) is 5.88 Å². The maximum absolute atomic E-state index is 11.6. The Balaban J connectivity index is 1.80. The van der Waals surface area contributed by atoms with Crippen LogP contribution in [0.4, 0.5) is 0 Å². The minimum Gasteiger partial charge on any atom is -0.447 e. The molecular weight excluding hydrogens is 324 g/mol. The molecule has 0 amide bonds. The summed E-state index contributed by atoms with van der Waals surface area (Å²) in [4.78, 5) is 18.3.